The van der Waals surface area contributed by atoms with Crippen LogP contribution >= 0.6 is 0 Å². The molecule has 1 aromatic rings. The van der Waals surface area contributed by atoms with Crippen LogP contribution in [0.3, 0.4) is 0 Å². The van der Waals surface area contributed by atoms with E-state index in [1.54, 1.807) is 27.4 Å². The molecule has 1 aromatic carbocycles. The summed E-state index contributed by atoms with van der Waals surface area (Å²) < 4.78 is 15.8. The summed E-state index contributed by atoms with van der Waals surface area (Å²) >= 11 is 0. The smallest absolute Gasteiger partial charge is 0.164 e. The first-order valence-electron chi connectivity index (χ1n) is 5.17. The van der Waals surface area contributed by atoms with Gasteiger partial charge in [0.2, 0.25) is 0 Å². The molecule has 1 unspecified atom stereocenters. The lowest BCUT2D eigenvalue weighted by molar-refractivity contribution is 0.344. The molecule has 16 heavy (non-hydrogen) atoms. The van der Waals surface area contributed by atoms with Gasteiger partial charge in [0.1, 0.15) is 5.75 Å². The zero-order valence-electron chi connectivity index (χ0n) is 10.2. The molecular formula is C12H19NO3. The maximum Gasteiger partial charge on any atom is 0.164 e. The zero-order valence-corrected chi connectivity index (χ0v) is 10.2. The van der Waals surface area contributed by atoms with Crippen molar-refractivity contribution >= 4 is 0 Å². The van der Waals surface area contributed by atoms with Gasteiger partial charge in [0.15, 0.2) is 11.5 Å². The van der Waals surface area contributed by atoms with Gasteiger partial charge in [-0.25, -0.2) is 0 Å². The van der Waals surface area contributed by atoms with E-state index in [1.807, 2.05) is 13.0 Å². The zero-order chi connectivity index (χ0) is 12.1. The predicted molar refractivity (Wildman–Crippen MR) is 63.6 cm³/mol. The Hall–Kier alpha value is -1.42. The molecule has 0 radical (unpaired) electrons. The Balaban J connectivity index is 3.30. The molecule has 0 aromatic heterocycles. The molecule has 4 heteroatoms. The normalized spacial score (nSPS) is 12.1. The third-order valence-corrected chi connectivity index (χ3v) is 2.60. The van der Waals surface area contributed by atoms with Crippen molar-refractivity contribution in [3.05, 3.63) is 17.7 Å². The Bertz CT molecular complexity index is 352. The summed E-state index contributed by atoms with van der Waals surface area (Å²) in [4.78, 5) is 0. The van der Waals surface area contributed by atoms with Crippen LogP contribution in [0.1, 0.15) is 18.4 Å². The van der Waals surface area contributed by atoms with Crippen LogP contribution in [0.4, 0.5) is 0 Å². The monoisotopic (exact) mass is 225 g/mol. The number of hydrogen-bond donors (Lipinski definition) is 1. The van der Waals surface area contributed by atoms with E-state index in [0.29, 0.717) is 12.3 Å². The van der Waals surface area contributed by atoms with Crippen LogP contribution in [0.15, 0.2) is 12.1 Å². The average molecular weight is 225 g/mol. The fourth-order valence-electron chi connectivity index (χ4n) is 1.58. The van der Waals surface area contributed by atoms with Crippen LogP contribution in [0, 0.1) is 0 Å². The summed E-state index contributed by atoms with van der Waals surface area (Å²) in [5.74, 6) is 2.32. The van der Waals surface area contributed by atoms with E-state index >= 15 is 0 Å². The Kier molecular flexibility index (Phi) is 4.43. The van der Waals surface area contributed by atoms with Crippen LogP contribution in [0.2, 0.25) is 0 Å². The molecule has 0 spiro atoms. The molecule has 0 bridgehead atoms. The summed E-state index contributed by atoms with van der Waals surface area (Å²) in [6, 6.07) is 3.73. The number of rotatable bonds is 5. The first kappa shape index (κ1) is 12.6. The van der Waals surface area contributed by atoms with E-state index in [1.165, 1.54) is 0 Å². The molecule has 1 atom stereocenters. The van der Waals surface area contributed by atoms with Gasteiger partial charge < -0.3 is 19.9 Å². The lowest BCUT2D eigenvalue weighted by atomic mass is 9.99. The fraction of sp³-hybridized carbons (Fsp3) is 0.500. The minimum Gasteiger partial charge on any atom is -0.497 e. The molecule has 1 rings (SSSR count). The van der Waals surface area contributed by atoms with Crippen molar-refractivity contribution in [2.75, 3.05) is 27.9 Å². The van der Waals surface area contributed by atoms with E-state index < -0.39 is 0 Å². The maximum absolute atomic E-state index is 5.67. The third kappa shape index (κ3) is 2.39. The first-order valence-corrected chi connectivity index (χ1v) is 5.17. The average Bonchev–Trinajstić information content (AvgIpc) is 2.35. The predicted octanol–water partition coefficient (Wildman–Crippen LogP) is 1.77. The second kappa shape index (κ2) is 5.61. The van der Waals surface area contributed by atoms with Gasteiger partial charge in [-0.15, -0.1) is 0 Å². The van der Waals surface area contributed by atoms with Crippen LogP contribution in [-0.4, -0.2) is 27.9 Å². The van der Waals surface area contributed by atoms with Gasteiger partial charge in [0.25, 0.3) is 0 Å². The number of hydrogen-bond acceptors (Lipinski definition) is 4. The molecule has 2 N–H and O–H groups in total. The Morgan fingerprint density at radius 1 is 1.12 bits per heavy atom. The number of methoxy groups -OCH3 is 3. The molecule has 0 heterocycles. The summed E-state index contributed by atoms with van der Waals surface area (Å²) in [5.41, 5.74) is 6.67. The van der Waals surface area contributed by atoms with Crippen LogP contribution in [-0.2, 0) is 0 Å². The SMILES string of the molecule is COc1cc(OC)c(OC)c(C(C)CN)c1. The van der Waals surface area contributed by atoms with Gasteiger partial charge in [0.05, 0.1) is 21.3 Å². The molecular weight excluding hydrogens is 206 g/mol. The van der Waals surface area contributed by atoms with Crippen molar-refractivity contribution in [3.63, 3.8) is 0 Å². The highest BCUT2D eigenvalue weighted by Gasteiger charge is 2.16. The summed E-state index contributed by atoms with van der Waals surface area (Å²) in [6.07, 6.45) is 0. The Labute approximate surface area is 96.3 Å². The molecule has 0 aliphatic heterocycles. The van der Waals surface area contributed by atoms with E-state index in [-0.39, 0.29) is 5.92 Å². The highest BCUT2D eigenvalue weighted by molar-refractivity contribution is 5.53. The third-order valence-electron chi connectivity index (χ3n) is 2.60. The molecule has 0 saturated carbocycles. The van der Waals surface area contributed by atoms with Crippen LogP contribution < -0.4 is 19.9 Å². The van der Waals surface area contributed by atoms with Crippen molar-refractivity contribution in [2.24, 2.45) is 5.73 Å². The van der Waals surface area contributed by atoms with Gasteiger partial charge in [-0.2, -0.15) is 0 Å². The lowest BCUT2D eigenvalue weighted by Crippen LogP contribution is -2.10. The Morgan fingerprint density at radius 2 is 1.81 bits per heavy atom. The molecule has 0 aliphatic rings. The van der Waals surface area contributed by atoms with Gasteiger partial charge in [-0.05, 0) is 18.5 Å². The minimum atomic E-state index is 0.193. The first-order chi connectivity index (χ1) is 7.67. The van der Waals surface area contributed by atoms with Gasteiger partial charge >= 0.3 is 0 Å². The Morgan fingerprint density at radius 3 is 2.25 bits per heavy atom. The summed E-state index contributed by atoms with van der Waals surface area (Å²) in [6.45, 7) is 2.59. The molecule has 0 fully saturated rings. The summed E-state index contributed by atoms with van der Waals surface area (Å²) in [5, 5.41) is 0. The van der Waals surface area contributed by atoms with Crippen molar-refractivity contribution < 1.29 is 14.2 Å². The highest BCUT2D eigenvalue weighted by atomic mass is 16.5. The number of ether oxygens (including phenoxy) is 3. The van der Waals surface area contributed by atoms with Gasteiger partial charge in [0, 0.05) is 11.6 Å². The molecule has 0 amide bonds. The number of nitrogens with two attached hydrogens (primary N) is 1. The standard InChI is InChI=1S/C12H19NO3/c1-8(7-13)10-5-9(14-2)6-11(15-3)12(10)16-4/h5-6,8H,7,13H2,1-4H3. The van der Waals surface area contributed by atoms with Crippen molar-refractivity contribution in [2.45, 2.75) is 12.8 Å². The molecule has 4 nitrogen and oxygen atoms in total. The van der Waals surface area contributed by atoms with Crippen LogP contribution in [0.25, 0.3) is 0 Å². The molecule has 0 aliphatic carbocycles. The molecule has 0 saturated heterocycles. The number of benzene rings is 1. The summed E-state index contributed by atoms with van der Waals surface area (Å²) in [7, 11) is 4.85. The quantitative estimate of drug-likeness (QED) is 0.829. The molecule has 90 valence electrons. The van der Waals surface area contributed by atoms with Gasteiger partial charge in [-0.1, -0.05) is 6.92 Å². The minimum absolute atomic E-state index is 0.193. The second-order valence-electron chi connectivity index (χ2n) is 3.59. The van der Waals surface area contributed by atoms with Crippen molar-refractivity contribution in [1.82, 2.24) is 0 Å². The topological polar surface area (TPSA) is 53.7 Å². The van der Waals surface area contributed by atoms with E-state index in [2.05, 4.69) is 0 Å². The fourth-order valence-corrected chi connectivity index (χ4v) is 1.58. The largest absolute Gasteiger partial charge is 0.497 e. The second-order valence-corrected chi connectivity index (χ2v) is 3.59. The van der Waals surface area contributed by atoms with Crippen LogP contribution in [0.5, 0.6) is 17.2 Å². The van der Waals surface area contributed by atoms with Gasteiger partial charge in [-0.3, -0.25) is 0 Å². The lowest BCUT2D eigenvalue weighted by Gasteiger charge is -2.18. The van der Waals surface area contributed by atoms with E-state index in [0.717, 1.165) is 17.1 Å². The maximum atomic E-state index is 5.67. The van der Waals surface area contributed by atoms with Crippen molar-refractivity contribution in [3.8, 4) is 17.2 Å². The highest BCUT2D eigenvalue weighted by Crippen LogP contribution is 2.38. The van der Waals surface area contributed by atoms with E-state index in [9.17, 15) is 0 Å². The van der Waals surface area contributed by atoms with Crippen molar-refractivity contribution in [1.29, 1.82) is 0 Å². The van der Waals surface area contributed by atoms with E-state index in [4.69, 9.17) is 19.9 Å².